The molecule has 4 aromatic carbocycles. The van der Waals surface area contributed by atoms with E-state index in [1.165, 1.54) is 6.92 Å². The molecule has 2 unspecified atom stereocenters. The Balaban J connectivity index is 1.19. The van der Waals surface area contributed by atoms with Crippen molar-refractivity contribution in [2.24, 2.45) is 0 Å². The van der Waals surface area contributed by atoms with Crippen LogP contribution in [0.15, 0.2) is 121 Å². The molecule has 0 aliphatic rings. The smallest absolute Gasteiger partial charge is 0.340 e. The Morgan fingerprint density at radius 3 is 1.60 bits per heavy atom. The monoisotopic (exact) mass is 698 g/mol. The van der Waals surface area contributed by atoms with E-state index >= 15 is 0 Å². The topological polar surface area (TPSA) is 112 Å². The summed E-state index contributed by atoms with van der Waals surface area (Å²) in [7, 11) is 0. The second kappa shape index (κ2) is 20.0. The van der Waals surface area contributed by atoms with Crippen LogP contribution in [-0.2, 0) is 31.1 Å². The number of aliphatic carboxylic acids is 2. The molecule has 52 heavy (non-hydrogen) atoms. The highest BCUT2D eigenvalue weighted by Gasteiger charge is 2.35. The SMILES string of the molecule is CCOC(Cc1ccc(OCC=CC#Cc2ccc(-c3ccc(C#CC=CCOc4ccc(C(C)(OCC)C(=O)O)cc4)cc3)cc2)cc1)C(=O)O. The third kappa shape index (κ3) is 11.8. The van der Waals surface area contributed by atoms with Gasteiger partial charge >= 0.3 is 11.9 Å². The Hall–Kier alpha value is -6.06. The lowest BCUT2D eigenvalue weighted by Crippen LogP contribution is -2.35. The molecule has 266 valence electrons. The zero-order valence-electron chi connectivity index (χ0n) is 29.5. The lowest BCUT2D eigenvalue weighted by molar-refractivity contribution is -0.164. The first-order valence-corrected chi connectivity index (χ1v) is 16.9. The van der Waals surface area contributed by atoms with E-state index in [1.54, 1.807) is 50.3 Å². The van der Waals surface area contributed by atoms with E-state index in [4.69, 9.17) is 18.9 Å². The van der Waals surface area contributed by atoms with Gasteiger partial charge in [0.05, 0.1) is 0 Å². The van der Waals surface area contributed by atoms with Crippen LogP contribution >= 0.6 is 0 Å². The van der Waals surface area contributed by atoms with Crippen molar-refractivity contribution in [1.82, 2.24) is 0 Å². The van der Waals surface area contributed by atoms with E-state index in [0.29, 0.717) is 43.3 Å². The minimum atomic E-state index is -1.40. The Labute approximate surface area is 305 Å². The number of carbonyl (C=O) groups is 2. The molecule has 0 heterocycles. The highest BCUT2D eigenvalue weighted by atomic mass is 16.5. The van der Waals surface area contributed by atoms with Crippen LogP contribution in [0.1, 0.15) is 43.0 Å². The second-order valence-electron chi connectivity index (χ2n) is 11.5. The van der Waals surface area contributed by atoms with Crippen LogP contribution in [0, 0.1) is 23.7 Å². The first-order valence-electron chi connectivity index (χ1n) is 16.9. The van der Waals surface area contributed by atoms with E-state index in [9.17, 15) is 19.8 Å². The number of hydrogen-bond donors (Lipinski definition) is 2. The van der Waals surface area contributed by atoms with E-state index in [2.05, 4.69) is 23.7 Å². The molecule has 0 amide bonds. The maximum atomic E-state index is 11.7. The number of benzene rings is 4. The predicted molar refractivity (Wildman–Crippen MR) is 201 cm³/mol. The molecule has 8 heteroatoms. The van der Waals surface area contributed by atoms with Gasteiger partial charge in [0, 0.05) is 30.8 Å². The van der Waals surface area contributed by atoms with Gasteiger partial charge in [-0.25, -0.2) is 9.59 Å². The molecule has 0 aromatic heterocycles. The zero-order valence-corrected chi connectivity index (χ0v) is 29.5. The third-order valence-corrected chi connectivity index (χ3v) is 7.87. The number of rotatable bonds is 16. The zero-order chi connectivity index (χ0) is 37.2. The lowest BCUT2D eigenvalue weighted by Gasteiger charge is -2.25. The standard InChI is InChI=1S/C44H42O8/c1-4-49-41(42(45)46)32-35-18-26-39(27-19-35)50-30-10-6-8-12-33-14-20-36(21-15-33)37-22-16-34(17-23-37)13-9-7-11-31-51-40-28-24-38(25-29-40)44(3,43(47)48)52-5-2/h6-7,10-11,14-29,41H,4-5,30-32H2,1-3H3,(H,45,46)(H,47,48). The molecule has 0 fully saturated rings. The van der Waals surface area contributed by atoms with Gasteiger partial charge in [0.1, 0.15) is 24.7 Å². The number of hydrogen-bond acceptors (Lipinski definition) is 6. The number of ether oxygens (including phenoxy) is 4. The predicted octanol–water partition coefficient (Wildman–Crippen LogP) is 7.70. The van der Waals surface area contributed by atoms with Crippen LogP contribution in [0.5, 0.6) is 11.5 Å². The molecule has 0 bridgehead atoms. The number of allylic oxidation sites excluding steroid dienone is 2. The van der Waals surface area contributed by atoms with Crippen molar-refractivity contribution in [3.05, 3.63) is 144 Å². The molecule has 0 aliphatic heterocycles. The third-order valence-electron chi connectivity index (χ3n) is 7.87. The fourth-order valence-electron chi connectivity index (χ4n) is 5.03. The molecule has 0 aliphatic carbocycles. The van der Waals surface area contributed by atoms with E-state index in [-0.39, 0.29) is 6.61 Å². The van der Waals surface area contributed by atoms with Gasteiger partial charge in [-0.15, -0.1) is 0 Å². The van der Waals surface area contributed by atoms with Gasteiger partial charge in [-0.2, -0.15) is 0 Å². The Morgan fingerprint density at radius 2 is 1.17 bits per heavy atom. The maximum absolute atomic E-state index is 11.7. The van der Waals surface area contributed by atoms with E-state index in [0.717, 1.165) is 27.8 Å². The molecule has 4 aromatic rings. The first-order chi connectivity index (χ1) is 25.2. The normalized spacial score (nSPS) is 12.6. The van der Waals surface area contributed by atoms with Crippen LogP contribution in [0.4, 0.5) is 0 Å². The van der Waals surface area contributed by atoms with Gasteiger partial charge in [-0.1, -0.05) is 72.2 Å². The van der Waals surface area contributed by atoms with Crippen molar-refractivity contribution in [3.8, 4) is 46.3 Å². The van der Waals surface area contributed by atoms with Gasteiger partial charge in [0.15, 0.2) is 11.7 Å². The summed E-state index contributed by atoms with van der Waals surface area (Å²) in [5.74, 6) is 11.6. The van der Waals surface area contributed by atoms with Crippen LogP contribution < -0.4 is 9.47 Å². The van der Waals surface area contributed by atoms with Crippen molar-refractivity contribution >= 4 is 11.9 Å². The molecular formula is C44H42O8. The van der Waals surface area contributed by atoms with Gasteiger partial charge in [0.2, 0.25) is 0 Å². The quantitative estimate of drug-likeness (QED) is 0.115. The molecule has 4 rings (SSSR count). The van der Waals surface area contributed by atoms with Gasteiger partial charge < -0.3 is 29.2 Å². The second-order valence-corrected chi connectivity index (χ2v) is 11.5. The van der Waals surface area contributed by atoms with Crippen molar-refractivity contribution < 1.29 is 38.7 Å². The van der Waals surface area contributed by atoms with Crippen molar-refractivity contribution in [3.63, 3.8) is 0 Å². The molecule has 0 saturated carbocycles. The number of carboxylic acid groups (broad SMARTS) is 2. The Kier molecular flexibility index (Phi) is 14.9. The summed E-state index contributed by atoms with van der Waals surface area (Å²) in [5.41, 5.74) is 3.95. The Morgan fingerprint density at radius 1 is 0.692 bits per heavy atom. The highest BCUT2D eigenvalue weighted by Crippen LogP contribution is 2.27. The molecular weight excluding hydrogens is 656 g/mol. The average molecular weight is 699 g/mol. The van der Waals surface area contributed by atoms with Crippen LogP contribution in [0.25, 0.3) is 11.1 Å². The van der Waals surface area contributed by atoms with Crippen LogP contribution in [0.2, 0.25) is 0 Å². The van der Waals surface area contributed by atoms with Crippen molar-refractivity contribution in [2.75, 3.05) is 26.4 Å². The van der Waals surface area contributed by atoms with E-state index < -0.39 is 23.6 Å². The molecule has 2 atom stereocenters. The largest absolute Gasteiger partial charge is 0.490 e. The summed E-state index contributed by atoms with van der Waals surface area (Å²) < 4.78 is 22.2. The fourth-order valence-corrected chi connectivity index (χ4v) is 5.03. The van der Waals surface area contributed by atoms with Gasteiger partial charge in [0.25, 0.3) is 0 Å². The summed E-state index contributed by atoms with van der Waals surface area (Å²) >= 11 is 0. The van der Waals surface area contributed by atoms with E-state index in [1.807, 2.05) is 84.9 Å². The fraction of sp³-hybridized carbons (Fsp3) is 0.227. The van der Waals surface area contributed by atoms with Crippen molar-refractivity contribution in [1.29, 1.82) is 0 Å². The Bertz CT molecular complexity index is 1940. The average Bonchev–Trinajstić information content (AvgIpc) is 3.15. The molecule has 0 radical (unpaired) electrons. The highest BCUT2D eigenvalue weighted by molar-refractivity contribution is 5.79. The van der Waals surface area contributed by atoms with Gasteiger partial charge in [-0.05, 0) is 116 Å². The summed E-state index contributed by atoms with van der Waals surface area (Å²) in [6.07, 6.45) is 6.59. The molecule has 0 saturated heterocycles. The number of carboxylic acids is 2. The van der Waals surface area contributed by atoms with Crippen LogP contribution in [0.3, 0.4) is 0 Å². The summed E-state index contributed by atoms with van der Waals surface area (Å²) in [6, 6.07) is 30.2. The summed E-state index contributed by atoms with van der Waals surface area (Å²) in [4.78, 5) is 23.0. The molecule has 2 N–H and O–H groups in total. The summed E-state index contributed by atoms with van der Waals surface area (Å²) in [5, 5.41) is 18.8. The van der Waals surface area contributed by atoms with Crippen LogP contribution in [-0.4, -0.2) is 54.7 Å². The maximum Gasteiger partial charge on any atom is 0.340 e. The molecule has 0 spiro atoms. The first kappa shape index (κ1) is 38.7. The molecule has 8 nitrogen and oxygen atoms in total. The summed E-state index contributed by atoms with van der Waals surface area (Å²) in [6.45, 7) is 6.40. The van der Waals surface area contributed by atoms with Crippen molar-refractivity contribution in [2.45, 2.75) is 38.9 Å². The minimum absolute atomic E-state index is 0.289. The minimum Gasteiger partial charge on any atom is -0.490 e. The van der Waals surface area contributed by atoms with Gasteiger partial charge in [-0.3, -0.25) is 0 Å². The lowest BCUT2D eigenvalue weighted by atomic mass is 9.96.